The van der Waals surface area contributed by atoms with E-state index in [0.717, 1.165) is 46.3 Å². The summed E-state index contributed by atoms with van der Waals surface area (Å²) in [4.78, 5) is 20.9. The smallest absolute Gasteiger partial charge is 0.246 e. The molecule has 9 heteroatoms. The SMILES string of the molecule is COCCOCC(=O)NC[C@H]1C[C@H](n2cc(-c3cccc(OCc4ccccc4)c3)c3c(N)ncnc32)C1. The molecule has 4 aromatic rings. The van der Waals surface area contributed by atoms with E-state index >= 15 is 0 Å². The van der Waals surface area contributed by atoms with Crippen molar-refractivity contribution in [2.75, 3.05) is 39.2 Å². The number of carbonyl (C=O) groups excluding carboxylic acids is 1. The summed E-state index contributed by atoms with van der Waals surface area (Å²) < 4.78 is 18.5. The minimum atomic E-state index is -0.104. The molecule has 1 aliphatic rings. The van der Waals surface area contributed by atoms with Crippen molar-refractivity contribution in [3.8, 4) is 16.9 Å². The third kappa shape index (κ3) is 5.95. The lowest BCUT2D eigenvalue weighted by Gasteiger charge is -2.36. The first-order valence-electron chi connectivity index (χ1n) is 12.8. The van der Waals surface area contributed by atoms with Crippen molar-refractivity contribution in [1.82, 2.24) is 19.9 Å². The molecule has 0 spiro atoms. The van der Waals surface area contributed by atoms with E-state index in [4.69, 9.17) is 19.9 Å². The highest BCUT2D eigenvalue weighted by Gasteiger charge is 2.32. The Balaban J connectivity index is 1.26. The van der Waals surface area contributed by atoms with Crippen molar-refractivity contribution in [3.63, 3.8) is 0 Å². The van der Waals surface area contributed by atoms with Crippen molar-refractivity contribution < 1.29 is 19.0 Å². The molecular formula is C29H33N5O4. The summed E-state index contributed by atoms with van der Waals surface area (Å²) in [7, 11) is 1.60. The first-order chi connectivity index (χ1) is 18.6. The third-order valence-corrected chi connectivity index (χ3v) is 6.89. The maximum Gasteiger partial charge on any atom is 0.246 e. The van der Waals surface area contributed by atoms with E-state index < -0.39 is 0 Å². The molecule has 2 aromatic carbocycles. The molecule has 2 aromatic heterocycles. The van der Waals surface area contributed by atoms with Gasteiger partial charge in [0.2, 0.25) is 5.91 Å². The average molecular weight is 516 g/mol. The Morgan fingerprint density at radius 2 is 1.95 bits per heavy atom. The highest BCUT2D eigenvalue weighted by Crippen LogP contribution is 2.42. The molecule has 0 unspecified atom stereocenters. The molecule has 5 rings (SSSR count). The number of hydrogen-bond acceptors (Lipinski definition) is 7. The molecule has 38 heavy (non-hydrogen) atoms. The van der Waals surface area contributed by atoms with Crippen LogP contribution in [0.2, 0.25) is 0 Å². The highest BCUT2D eigenvalue weighted by molar-refractivity contribution is 6.00. The number of nitrogens with two attached hydrogens (primary N) is 1. The third-order valence-electron chi connectivity index (χ3n) is 6.89. The van der Waals surface area contributed by atoms with Crippen LogP contribution in [0, 0.1) is 5.92 Å². The second-order valence-corrected chi connectivity index (χ2v) is 9.55. The Hall–Kier alpha value is -3.95. The minimum absolute atomic E-state index is 0.0510. The minimum Gasteiger partial charge on any atom is -0.489 e. The van der Waals surface area contributed by atoms with Crippen LogP contribution in [0.5, 0.6) is 5.75 Å². The van der Waals surface area contributed by atoms with E-state index in [1.165, 1.54) is 6.33 Å². The number of anilines is 1. The molecule has 1 saturated carbocycles. The van der Waals surface area contributed by atoms with E-state index in [-0.39, 0.29) is 18.6 Å². The fourth-order valence-corrected chi connectivity index (χ4v) is 4.81. The molecule has 9 nitrogen and oxygen atoms in total. The zero-order valence-corrected chi connectivity index (χ0v) is 21.5. The lowest BCUT2D eigenvalue weighted by molar-refractivity contribution is -0.126. The number of ether oxygens (including phenoxy) is 3. The average Bonchev–Trinajstić information content (AvgIpc) is 3.30. The molecule has 198 valence electrons. The van der Waals surface area contributed by atoms with Crippen molar-refractivity contribution in [2.45, 2.75) is 25.5 Å². The fourth-order valence-electron chi connectivity index (χ4n) is 4.81. The standard InChI is InChI=1S/C29H33N5O4/c1-36-10-11-37-18-26(35)31-15-21-12-23(13-21)34-16-25(27-28(30)32-19-33-29(27)34)22-8-5-9-24(14-22)38-17-20-6-3-2-4-7-20/h2-9,14,16,19,21,23H,10-13,15,17-18H2,1H3,(H,31,35)(H2,30,32,33)/t21-,23-. The molecule has 1 amide bonds. The van der Waals surface area contributed by atoms with Crippen molar-refractivity contribution >= 4 is 22.8 Å². The predicted molar refractivity (Wildman–Crippen MR) is 146 cm³/mol. The number of aromatic nitrogens is 3. The summed E-state index contributed by atoms with van der Waals surface area (Å²) in [5.41, 5.74) is 10.3. The van der Waals surface area contributed by atoms with E-state index in [9.17, 15) is 4.79 Å². The van der Waals surface area contributed by atoms with Gasteiger partial charge in [-0.1, -0.05) is 42.5 Å². The van der Waals surface area contributed by atoms with Gasteiger partial charge < -0.3 is 29.8 Å². The second-order valence-electron chi connectivity index (χ2n) is 9.55. The summed E-state index contributed by atoms with van der Waals surface area (Å²) in [5.74, 6) is 1.54. The molecule has 0 atom stereocenters. The number of nitrogens with zero attached hydrogens (tertiary/aromatic N) is 3. The van der Waals surface area contributed by atoms with Gasteiger partial charge in [-0.3, -0.25) is 4.79 Å². The number of nitrogens with one attached hydrogen (secondary N) is 1. The molecule has 3 N–H and O–H groups in total. The van der Waals surface area contributed by atoms with Gasteiger partial charge in [-0.25, -0.2) is 9.97 Å². The van der Waals surface area contributed by atoms with Gasteiger partial charge in [0.05, 0.1) is 18.6 Å². The van der Waals surface area contributed by atoms with Crippen LogP contribution in [-0.2, 0) is 20.9 Å². The molecule has 0 bridgehead atoms. The molecule has 1 aliphatic carbocycles. The van der Waals surface area contributed by atoms with Crippen LogP contribution in [0.4, 0.5) is 5.82 Å². The van der Waals surface area contributed by atoms with E-state index in [2.05, 4.69) is 32.1 Å². The van der Waals surface area contributed by atoms with E-state index in [1.54, 1.807) is 7.11 Å². The number of carbonyl (C=O) groups is 1. The van der Waals surface area contributed by atoms with Crippen molar-refractivity contribution in [3.05, 3.63) is 72.7 Å². The van der Waals surface area contributed by atoms with Crippen molar-refractivity contribution in [2.24, 2.45) is 5.92 Å². The van der Waals surface area contributed by atoms with Crippen LogP contribution >= 0.6 is 0 Å². The second kappa shape index (κ2) is 12.1. The topological polar surface area (TPSA) is 114 Å². The first-order valence-corrected chi connectivity index (χ1v) is 12.8. The van der Waals surface area contributed by atoms with Crippen LogP contribution in [0.1, 0.15) is 24.4 Å². The van der Waals surface area contributed by atoms with Crippen LogP contribution in [0.3, 0.4) is 0 Å². The number of rotatable bonds is 12. The number of hydrogen-bond donors (Lipinski definition) is 2. The molecular weight excluding hydrogens is 482 g/mol. The molecule has 2 heterocycles. The van der Waals surface area contributed by atoms with Crippen LogP contribution in [0.25, 0.3) is 22.2 Å². The van der Waals surface area contributed by atoms with Gasteiger partial charge in [0, 0.05) is 31.5 Å². The zero-order chi connectivity index (χ0) is 26.3. The Morgan fingerprint density at radius 3 is 2.76 bits per heavy atom. The van der Waals surface area contributed by atoms with Gasteiger partial charge in [-0.15, -0.1) is 0 Å². The predicted octanol–water partition coefficient (Wildman–Crippen LogP) is 3.99. The largest absolute Gasteiger partial charge is 0.489 e. The van der Waals surface area contributed by atoms with Crippen LogP contribution < -0.4 is 15.8 Å². The molecule has 0 radical (unpaired) electrons. The van der Waals surface area contributed by atoms with Gasteiger partial charge in [0.15, 0.2) is 0 Å². The summed E-state index contributed by atoms with van der Waals surface area (Å²) in [6.07, 6.45) is 5.52. The normalized spacial score (nSPS) is 16.8. The van der Waals surface area contributed by atoms with Crippen molar-refractivity contribution in [1.29, 1.82) is 0 Å². The highest BCUT2D eigenvalue weighted by atomic mass is 16.5. The van der Waals surface area contributed by atoms with Gasteiger partial charge in [-0.2, -0.15) is 0 Å². The number of benzene rings is 2. The quantitative estimate of drug-likeness (QED) is 0.274. The summed E-state index contributed by atoms with van der Waals surface area (Å²) >= 11 is 0. The monoisotopic (exact) mass is 515 g/mol. The Bertz CT molecular complexity index is 1370. The van der Waals surface area contributed by atoms with E-state index in [0.29, 0.717) is 38.1 Å². The summed E-state index contributed by atoms with van der Waals surface area (Å²) in [6.45, 7) is 2.06. The zero-order valence-electron chi connectivity index (χ0n) is 21.5. The molecule has 0 aliphatic heterocycles. The summed E-state index contributed by atoms with van der Waals surface area (Å²) in [5, 5.41) is 3.81. The first kappa shape index (κ1) is 25.7. The number of methoxy groups -OCH3 is 1. The van der Waals surface area contributed by atoms with Gasteiger partial charge >= 0.3 is 0 Å². The Labute approximate surface area is 221 Å². The fraction of sp³-hybridized carbons (Fsp3) is 0.345. The molecule has 0 saturated heterocycles. The maximum atomic E-state index is 12.0. The Kier molecular flexibility index (Phi) is 8.15. The molecule has 1 fully saturated rings. The lowest BCUT2D eigenvalue weighted by Crippen LogP contribution is -2.38. The van der Waals surface area contributed by atoms with Gasteiger partial charge in [0.25, 0.3) is 0 Å². The van der Waals surface area contributed by atoms with Gasteiger partial charge in [0.1, 0.15) is 36.8 Å². The van der Waals surface area contributed by atoms with E-state index in [1.807, 2.05) is 48.5 Å². The number of fused-ring (bicyclic) bond motifs is 1. The van der Waals surface area contributed by atoms with Crippen LogP contribution in [0.15, 0.2) is 67.1 Å². The van der Waals surface area contributed by atoms with Gasteiger partial charge in [-0.05, 0) is 42.0 Å². The number of nitrogen functional groups attached to an aromatic ring is 1. The summed E-state index contributed by atoms with van der Waals surface area (Å²) in [6, 6.07) is 18.4. The van der Waals surface area contributed by atoms with Crippen LogP contribution in [-0.4, -0.2) is 53.9 Å². The Morgan fingerprint density at radius 1 is 1.11 bits per heavy atom. The maximum absolute atomic E-state index is 12.0. The lowest BCUT2D eigenvalue weighted by atomic mass is 9.80. The number of amides is 1.